The van der Waals surface area contributed by atoms with Crippen molar-refractivity contribution in [3.8, 4) is 0 Å². The van der Waals surface area contributed by atoms with Gasteiger partial charge < -0.3 is 10.2 Å². The lowest BCUT2D eigenvalue weighted by Gasteiger charge is -2.17. The van der Waals surface area contributed by atoms with Crippen LogP contribution >= 0.6 is 30.1 Å². The number of nitrogens with zero attached hydrogens (tertiary/aromatic N) is 1. The largest absolute Gasteiger partial charge is 0.356 e. The molecule has 0 aromatic heterocycles. The molecule has 0 heterocycles. The highest BCUT2D eigenvalue weighted by Gasteiger charge is 2.13. The van der Waals surface area contributed by atoms with Crippen molar-refractivity contribution in [3.05, 3.63) is 0 Å². The van der Waals surface area contributed by atoms with E-state index in [1.54, 1.807) is 8.93 Å². The summed E-state index contributed by atoms with van der Waals surface area (Å²) in [5.41, 5.74) is 0. The van der Waals surface area contributed by atoms with Crippen LogP contribution in [0, 0.1) is 0 Å². The average Bonchev–Trinajstić information content (AvgIpc) is 2.02. The molecule has 0 radical (unpaired) electrons. The normalized spacial score (nSPS) is 13.0. The summed E-state index contributed by atoms with van der Waals surface area (Å²) in [7, 11) is 5.77. The minimum absolute atomic E-state index is 0.151. The molecular weight excluding hydrogens is 299 g/mol. The highest BCUT2D eigenvalue weighted by Crippen LogP contribution is 2.22. The second kappa shape index (κ2) is 7.87. The fourth-order valence-electron chi connectivity index (χ4n) is 1.01. The van der Waals surface area contributed by atoms with E-state index in [9.17, 15) is 4.79 Å². The van der Waals surface area contributed by atoms with E-state index in [1.165, 1.54) is 0 Å². The number of amides is 1. The van der Waals surface area contributed by atoms with Crippen molar-refractivity contribution in [2.24, 2.45) is 0 Å². The molecule has 78 valence electrons. The van der Waals surface area contributed by atoms with Crippen LogP contribution in [-0.2, 0) is 4.79 Å². The molecule has 0 rings (SSSR count). The number of carbonyl (C=O) groups excluding carboxylic acids is 1. The summed E-state index contributed by atoms with van der Waals surface area (Å²) in [6, 6.07) is 0. The van der Waals surface area contributed by atoms with E-state index < -0.39 is 0 Å². The van der Waals surface area contributed by atoms with Crippen molar-refractivity contribution in [2.45, 2.75) is 18.6 Å². The summed E-state index contributed by atoms with van der Waals surface area (Å²) in [5.74, 6) is 0.151. The Balaban J connectivity index is 3.76. The zero-order valence-electron chi connectivity index (χ0n) is 8.34. The van der Waals surface area contributed by atoms with Crippen LogP contribution < -0.4 is 5.32 Å². The lowest BCUT2D eigenvalue weighted by atomic mass is 10.3. The number of nitrogens with one attached hydrogen (secondary N) is 1. The fourth-order valence-corrected chi connectivity index (χ4v) is 2.60. The monoisotopic (exact) mass is 316 g/mol. The van der Waals surface area contributed by atoms with Crippen molar-refractivity contribution in [2.75, 3.05) is 27.2 Å². The summed E-state index contributed by atoms with van der Waals surface area (Å²) in [4.78, 5) is 13.4. The Bertz CT molecular complexity index is 155. The molecule has 0 saturated heterocycles. The van der Waals surface area contributed by atoms with Gasteiger partial charge in [-0.1, -0.05) is 8.93 Å². The molecule has 0 aliphatic carbocycles. The molecule has 0 fully saturated rings. The summed E-state index contributed by atoms with van der Waals surface area (Å²) < 4.78 is 0. The first-order valence-corrected chi connectivity index (χ1v) is 7.71. The Hall–Kier alpha value is 0.510. The maximum absolute atomic E-state index is 11.2. The number of carbonyl (C=O) groups is 1. The van der Waals surface area contributed by atoms with E-state index in [4.69, 9.17) is 0 Å². The predicted octanol–water partition coefficient (Wildman–Crippen LogP) is 1.53. The molecule has 0 bridgehead atoms. The maximum Gasteiger partial charge on any atom is 0.221 e. The van der Waals surface area contributed by atoms with Gasteiger partial charge in [0, 0.05) is 24.8 Å². The van der Waals surface area contributed by atoms with Crippen LogP contribution in [0.25, 0.3) is 0 Å². The van der Waals surface area contributed by atoms with Crippen LogP contribution in [0.2, 0.25) is 0 Å². The smallest absolute Gasteiger partial charge is 0.221 e. The van der Waals surface area contributed by atoms with E-state index in [-0.39, 0.29) is 5.91 Å². The molecule has 0 aliphatic rings. The van der Waals surface area contributed by atoms with Gasteiger partial charge in [-0.05, 0) is 42.2 Å². The van der Waals surface area contributed by atoms with Crippen LogP contribution in [-0.4, -0.2) is 43.2 Å². The molecule has 1 atom stereocenters. The van der Waals surface area contributed by atoms with E-state index in [2.05, 4.69) is 31.4 Å². The molecule has 1 N–H and O–H groups in total. The van der Waals surface area contributed by atoms with Crippen LogP contribution in [0.15, 0.2) is 0 Å². The summed E-state index contributed by atoms with van der Waals surface area (Å²) >= 11 is 2.25. The number of hydrogen-bond acceptors (Lipinski definition) is 3. The van der Waals surface area contributed by atoms with Crippen molar-refractivity contribution < 1.29 is 4.79 Å². The molecule has 5 heteroatoms. The second-order valence-electron chi connectivity index (χ2n) is 3.13. The van der Waals surface area contributed by atoms with Gasteiger partial charge in [-0.25, -0.2) is 0 Å². The Morgan fingerprint density at radius 2 is 2.23 bits per heavy atom. The van der Waals surface area contributed by atoms with Crippen LogP contribution in [0.1, 0.15) is 13.3 Å². The highest BCUT2D eigenvalue weighted by atomic mass is 127. The Morgan fingerprint density at radius 3 is 2.62 bits per heavy atom. The van der Waals surface area contributed by atoms with Crippen molar-refractivity contribution in [1.82, 2.24) is 10.2 Å². The second-order valence-corrected chi connectivity index (χ2v) is 5.50. The van der Waals surface area contributed by atoms with Crippen LogP contribution in [0.5, 0.6) is 0 Å². The van der Waals surface area contributed by atoms with Crippen LogP contribution in [0.4, 0.5) is 0 Å². The first kappa shape index (κ1) is 13.5. The van der Waals surface area contributed by atoms with Gasteiger partial charge in [-0.3, -0.25) is 4.79 Å². The van der Waals surface area contributed by atoms with E-state index in [0.717, 1.165) is 13.1 Å². The third-order valence-electron chi connectivity index (χ3n) is 1.48. The zero-order valence-corrected chi connectivity index (χ0v) is 11.3. The first-order chi connectivity index (χ1) is 6.10. The van der Waals surface area contributed by atoms with Crippen molar-refractivity contribution in [1.29, 1.82) is 0 Å². The van der Waals surface area contributed by atoms with E-state index in [0.29, 0.717) is 11.7 Å². The Morgan fingerprint density at radius 1 is 1.62 bits per heavy atom. The zero-order chi connectivity index (χ0) is 10.3. The molecule has 0 aromatic carbocycles. The molecule has 13 heavy (non-hydrogen) atoms. The summed E-state index contributed by atoms with van der Waals surface area (Å²) in [5, 5.41) is 3.20. The third kappa shape index (κ3) is 7.57. The Labute approximate surface area is 96.6 Å². The quantitative estimate of drug-likeness (QED) is 0.754. The van der Waals surface area contributed by atoms with Crippen molar-refractivity contribution in [3.63, 3.8) is 0 Å². The topological polar surface area (TPSA) is 32.3 Å². The maximum atomic E-state index is 11.2. The van der Waals surface area contributed by atoms with Gasteiger partial charge in [0.2, 0.25) is 5.91 Å². The van der Waals surface area contributed by atoms with Gasteiger partial charge in [0.15, 0.2) is 0 Å². The molecule has 1 amide bonds. The van der Waals surface area contributed by atoms with Gasteiger partial charge in [0.1, 0.15) is 0 Å². The third-order valence-corrected chi connectivity index (χ3v) is 4.21. The summed E-state index contributed by atoms with van der Waals surface area (Å²) in [6.07, 6.45) is 0.611. The van der Waals surface area contributed by atoms with Crippen LogP contribution in [0.3, 0.4) is 0 Å². The fraction of sp³-hybridized carbons (Fsp3) is 0.875. The molecule has 0 spiro atoms. The first-order valence-electron chi connectivity index (χ1n) is 4.29. The highest BCUT2D eigenvalue weighted by molar-refractivity contribution is 14.2. The molecule has 1 unspecified atom stereocenters. The Kier molecular flexibility index (Phi) is 8.18. The molecule has 3 nitrogen and oxygen atoms in total. The SMILES string of the molecule is CCNC(=O)CC(CN(C)C)SI. The minimum atomic E-state index is 0.151. The molecule has 0 saturated carbocycles. The summed E-state index contributed by atoms with van der Waals surface area (Å²) in [6.45, 7) is 3.61. The predicted molar refractivity (Wildman–Crippen MR) is 67.3 cm³/mol. The number of hydrogen-bond donors (Lipinski definition) is 1. The number of halogens is 1. The van der Waals surface area contributed by atoms with Crippen molar-refractivity contribution >= 4 is 36.0 Å². The lowest BCUT2D eigenvalue weighted by Crippen LogP contribution is -2.30. The van der Waals surface area contributed by atoms with Gasteiger partial charge in [-0.15, -0.1) is 0 Å². The van der Waals surface area contributed by atoms with E-state index >= 15 is 0 Å². The minimum Gasteiger partial charge on any atom is -0.356 e. The lowest BCUT2D eigenvalue weighted by molar-refractivity contribution is -0.120. The van der Waals surface area contributed by atoms with E-state index in [1.807, 2.05) is 21.0 Å². The molecule has 0 aromatic rings. The standard InChI is InChI=1S/C8H17IN2OS/c1-4-10-8(12)5-7(13-9)6-11(2)3/h7H,4-6H2,1-3H3,(H,10,12). The average molecular weight is 316 g/mol. The van der Waals surface area contributed by atoms with Gasteiger partial charge >= 0.3 is 0 Å². The molecule has 0 aliphatic heterocycles. The van der Waals surface area contributed by atoms with Gasteiger partial charge in [-0.2, -0.15) is 0 Å². The van der Waals surface area contributed by atoms with Gasteiger partial charge in [0.05, 0.1) is 0 Å². The number of rotatable bonds is 6. The molecular formula is C8H17IN2OS. The van der Waals surface area contributed by atoms with Gasteiger partial charge in [0.25, 0.3) is 0 Å².